The Morgan fingerprint density at radius 2 is 2.24 bits per heavy atom. The predicted molar refractivity (Wildman–Crippen MR) is 66.6 cm³/mol. The number of amidine groups is 1. The zero-order valence-electron chi connectivity index (χ0n) is 10.1. The molecule has 0 aromatic carbocycles. The number of nitrogens with two attached hydrogens (primary N) is 1. The Hall–Kier alpha value is -1.63. The maximum Gasteiger partial charge on any atom is 0.266 e. The maximum atomic E-state index is 12.2. The van der Waals surface area contributed by atoms with E-state index in [-0.39, 0.29) is 18.3 Å². The van der Waals surface area contributed by atoms with Gasteiger partial charge in [0.1, 0.15) is 4.88 Å². The standard InChI is InChI=1S/C10H16N4O2S/c1-4-14(5-8(11)13-16)10(15)9-6(2)12-7(3)17-9/h16H,4-5H2,1-3H3,(H2,11,13). The summed E-state index contributed by atoms with van der Waals surface area (Å²) in [5.41, 5.74) is 6.12. The van der Waals surface area contributed by atoms with Crippen molar-refractivity contribution in [1.29, 1.82) is 0 Å². The zero-order chi connectivity index (χ0) is 13.0. The number of thiazole rings is 1. The molecule has 0 saturated carbocycles. The largest absolute Gasteiger partial charge is 0.409 e. The lowest BCUT2D eigenvalue weighted by Gasteiger charge is -2.19. The Balaban J connectivity index is 2.90. The Labute approximate surface area is 104 Å². The molecule has 0 bridgehead atoms. The average Bonchev–Trinajstić information content (AvgIpc) is 2.64. The van der Waals surface area contributed by atoms with Gasteiger partial charge in [0.2, 0.25) is 0 Å². The van der Waals surface area contributed by atoms with Crippen molar-refractivity contribution in [1.82, 2.24) is 9.88 Å². The number of aryl methyl sites for hydroxylation is 2. The Morgan fingerprint density at radius 1 is 1.59 bits per heavy atom. The SMILES string of the molecule is CCN(CC(N)=NO)C(=O)c1sc(C)nc1C. The van der Waals surface area contributed by atoms with Gasteiger partial charge in [0.25, 0.3) is 5.91 Å². The fourth-order valence-corrected chi connectivity index (χ4v) is 2.32. The van der Waals surface area contributed by atoms with Crippen LogP contribution in [0.25, 0.3) is 0 Å². The van der Waals surface area contributed by atoms with Gasteiger partial charge in [-0.25, -0.2) is 4.98 Å². The van der Waals surface area contributed by atoms with Crippen molar-refractivity contribution >= 4 is 23.1 Å². The number of oxime groups is 1. The molecular weight excluding hydrogens is 240 g/mol. The van der Waals surface area contributed by atoms with Gasteiger partial charge < -0.3 is 15.8 Å². The molecule has 6 nitrogen and oxygen atoms in total. The van der Waals surface area contributed by atoms with Crippen LogP contribution in [0.3, 0.4) is 0 Å². The molecule has 3 N–H and O–H groups in total. The summed E-state index contributed by atoms with van der Waals surface area (Å²) in [5.74, 6) is -0.124. The summed E-state index contributed by atoms with van der Waals surface area (Å²) in [5, 5.41) is 12.2. The van der Waals surface area contributed by atoms with E-state index in [0.717, 1.165) is 10.7 Å². The Bertz CT molecular complexity index is 442. The first kappa shape index (κ1) is 13.4. The summed E-state index contributed by atoms with van der Waals surface area (Å²) < 4.78 is 0. The van der Waals surface area contributed by atoms with Crippen LogP contribution in [0.4, 0.5) is 0 Å². The first-order chi connectivity index (χ1) is 7.99. The summed E-state index contributed by atoms with van der Waals surface area (Å²) in [7, 11) is 0. The van der Waals surface area contributed by atoms with Crippen LogP contribution in [0.5, 0.6) is 0 Å². The van der Waals surface area contributed by atoms with Crippen molar-refractivity contribution in [3.63, 3.8) is 0 Å². The van der Waals surface area contributed by atoms with Crippen LogP contribution >= 0.6 is 11.3 Å². The first-order valence-corrected chi connectivity index (χ1v) is 6.01. The summed E-state index contributed by atoms with van der Waals surface area (Å²) in [6.07, 6.45) is 0. The Kier molecular flexibility index (Phi) is 4.45. The molecule has 0 fully saturated rings. The van der Waals surface area contributed by atoms with Gasteiger partial charge in [-0.15, -0.1) is 11.3 Å². The quantitative estimate of drug-likeness (QED) is 0.363. The molecule has 0 radical (unpaired) electrons. The number of aromatic nitrogens is 1. The van der Waals surface area contributed by atoms with Gasteiger partial charge in [-0.05, 0) is 20.8 Å². The van der Waals surface area contributed by atoms with Gasteiger partial charge in [0.05, 0.1) is 17.2 Å². The smallest absolute Gasteiger partial charge is 0.266 e. The minimum atomic E-state index is -0.137. The van der Waals surface area contributed by atoms with E-state index in [0.29, 0.717) is 11.4 Å². The molecule has 17 heavy (non-hydrogen) atoms. The van der Waals surface area contributed by atoms with E-state index in [1.165, 1.54) is 16.2 Å². The second kappa shape index (κ2) is 5.62. The second-order valence-corrected chi connectivity index (χ2v) is 4.76. The van der Waals surface area contributed by atoms with Crippen molar-refractivity contribution in [3.05, 3.63) is 15.6 Å². The lowest BCUT2D eigenvalue weighted by molar-refractivity contribution is 0.0790. The van der Waals surface area contributed by atoms with E-state index in [4.69, 9.17) is 10.9 Å². The summed E-state index contributed by atoms with van der Waals surface area (Å²) >= 11 is 1.36. The molecular formula is C10H16N4O2S. The van der Waals surface area contributed by atoms with E-state index < -0.39 is 0 Å². The van der Waals surface area contributed by atoms with Gasteiger partial charge in [0.15, 0.2) is 5.84 Å². The maximum absolute atomic E-state index is 12.2. The normalized spacial score (nSPS) is 11.6. The van der Waals surface area contributed by atoms with Crippen LogP contribution in [0, 0.1) is 13.8 Å². The number of carbonyl (C=O) groups is 1. The summed E-state index contributed by atoms with van der Waals surface area (Å²) in [4.78, 5) is 18.5. The Morgan fingerprint density at radius 3 is 2.65 bits per heavy atom. The minimum absolute atomic E-state index is 0.0130. The lowest BCUT2D eigenvalue weighted by atomic mass is 10.3. The van der Waals surface area contributed by atoms with Gasteiger partial charge in [-0.1, -0.05) is 5.16 Å². The van der Waals surface area contributed by atoms with Gasteiger partial charge in [-0.2, -0.15) is 0 Å². The lowest BCUT2D eigenvalue weighted by Crippen LogP contribution is -2.38. The molecule has 1 aromatic heterocycles. The molecule has 1 rings (SSSR count). The van der Waals surface area contributed by atoms with Crippen molar-refractivity contribution in [2.45, 2.75) is 20.8 Å². The number of amides is 1. The topological polar surface area (TPSA) is 91.8 Å². The van der Waals surface area contributed by atoms with Crippen LogP contribution in [-0.4, -0.2) is 39.9 Å². The summed E-state index contributed by atoms with van der Waals surface area (Å²) in [6, 6.07) is 0. The van der Waals surface area contributed by atoms with E-state index in [2.05, 4.69) is 10.1 Å². The van der Waals surface area contributed by atoms with Crippen LogP contribution in [0.2, 0.25) is 0 Å². The fourth-order valence-electron chi connectivity index (χ4n) is 1.43. The molecule has 0 aliphatic rings. The van der Waals surface area contributed by atoms with Crippen LogP contribution in [-0.2, 0) is 0 Å². The molecule has 0 aliphatic carbocycles. The number of hydrogen-bond acceptors (Lipinski definition) is 5. The highest BCUT2D eigenvalue weighted by Crippen LogP contribution is 2.19. The molecule has 0 spiro atoms. The number of hydrogen-bond donors (Lipinski definition) is 2. The molecule has 1 heterocycles. The van der Waals surface area contributed by atoms with E-state index in [9.17, 15) is 4.79 Å². The predicted octanol–water partition coefficient (Wildman–Crippen LogP) is 0.968. The molecule has 0 unspecified atom stereocenters. The fraction of sp³-hybridized carbons (Fsp3) is 0.500. The molecule has 0 aliphatic heterocycles. The number of rotatable bonds is 4. The summed E-state index contributed by atoms with van der Waals surface area (Å²) in [6.45, 7) is 6.10. The van der Waals surface area contributed by atoms with Crippen LogP contribution in [0.1, 0.15) is 27.3 Å². The van der Waals surface area contributed by atoms with Crippen LogP contribution < -0.4 is 5.73 Å². The molecule has 7 heteroatoms. The van der Waals surface area contributed by atoms with Gasteiger partial charge in [-0.3, -0.25) is 4.79 Å². The zero-order valence-corrected chi connectivity index (χ0v) is 10.9. The monoisotopic (exact) mass is 256 g/mol. The molecule has 0 saturated heterocycles. The van der Waals surface area contributed by atoms with E-state index in [1.807, 2.05) is 13.8 Å². The highest BCUT2D eigenvalue weighted by atomic mass is 32.1. The first-order valence-electron chi connectivity index (χ1n) is 5.19. The number of nitrogens with zero attached hydrogens (tertiary/aromatic N) is 3. The van der Waals surface area contributed by atoms with E-state index in [1.54, 1.807) is 6.92 Å². The van der Waals surface area contributed by atoms with Crippen molar-refractivity contribution in [2.24, 2.45) is 10.9 Å². The molecule has 0 atom stereocenters. The number of likely N-dealkylation sites (N-methyl/N-ethyl adjacent to an activating group) is 1. The molecule has 1 amide bonds. The third kappa shape index (κ3) is 3.16. The minimum Gasteiger partial charge on any atom is -0.409 e. The highest BCUT2D eigenvalue weighted by Gasteiger charge is 2.20. The third-order valence-corrected chi connectivity index (χ3v) is 3.31. The molecule has 1 aromatic rings. The van der Waals surface area contributed by atoms with Crippen molar-refractivity contribution in [2.75, 3.05) is 13.1 Å². The average molecular weight is 256 g/mol. The molecule has 94 valence electrons. The number of carbonyl (C=O) groups excluding carboxylic acids is 1. The van der Waals surface area contributed by atoms with Gasteiger partial charge >= 0.3 is 0 Å². The third-order valence-electron chi connectivity index (χ3n) is 2.25. The van der Waals surface area contributed by atoms with Crippen LogP contribution in [0.15, 0.2) is 5.16 Å². The van der Waals surface area contributed by atoms with Crippen molar-refractivity contribution in [3.8, 4) is 0 Å². The second-order valence-electron chi connectivity index (χ2n) is 3.56. The highest BCUT2D eigenvalue weighted by molar-refractivity contribution is 7.13. The van der Waals surface area contributed by atoms with Gasteiger partial charge in [0, 0.05) is 6.54 Å². The van der Waals surface area contributed by atoms with E-state index >= 15 is 0 Å². The van der Waals surface area contributed by atoms with Crippen molar-refractivity contribution < 1.29 is 10.0 Å².